The molecule has 2 saturated carbocycles. The fourth-order valence-electron chi connectivity index (χ4n) is 16.7. The average molecular weight is 1160 g/mol. The van der Waals surface area contributed by atoms with Crippen molar-refractivity contribution in [2.75, 3.05) is 63.7 Å². The zero-order valence-corrected chi connectivity index (χ0v) is 51.8. The second-order valence-corrected chi connectivity index (χ2v) is 27.5. The van der Waals surface area contributed by atoms with Gasteiger partial charge in [0.05, 0.1) is 25.0 Å². The maximum absolute atomic E-state index is 14.8. The van der Waals surface area contributed by atoms with Crippen LogP contribution in [0.3, 0.4) is 0 Å². The summed E-state index contributed by atoms with van der Waals surface area (Å²) in [6, 6.07) is 16.4. The van der Waals surface area contributed by atoms with Gasteiger partial charge in [-0.05, 0) is 182 Å². The number of methoxy groups -OCH3 is 2. The highest BCUT2D eigenvalue weighted by atomic mass is 32.1. The molecule has 3 amide bonds. The van der Waals surface area contributed by atoms with E-state index in [1.807, 2.05) is 67.5 Å². The lowest BCUT2D eigenvalue weighted by atomic mass is 9.71. The van der Waals surface area contributed by atoms with E-state index in [0.717, 1.165) is 82.3 Å². The molecule has 0 spiro atoms. The Morgan fingerprint density at radius 1 is 0.646 bits per heavy atom. The highest BCUT2D eigenvalue weighted by Gasteiger charge is 2.73. The monoisotopic (exact) mass is 1150 g/mol. The van der Waals surface area contributed by atoms with Crippen LogP contribution in [0.4, 0.5) is 16.2 Å². The van der Waals surface area contributed by atoms with E-state index in [0.29, 0.717) is 63.6 Å². The number of anilines is 2. The van der Waals surface area contributed by atoms with E-state index in [1.165, 1.54) is 25.5 Å². The summed E-state index contributed by atoms with van der Waals surface area (Å²) in [6.07, 6.45) is 9.83. The van der Waals surface area contributed by atoms with Gasteiger partial charge >= 0.3 is 30.0 Å². The minimum Gasteiger partial charge on any atom is -0.469 e. The number of benzene rings is 2. The molecule has 4 saturated heterocycles. The number of hydrogen-bond donors (Lipinski definition) is 1. The lowest BCUT2D eigenvalue weighted by Crippen LogP contribution is -2.56. The van der Waals surface area contributed by atoms with Crippen LogP contribution in [0.1, 0.15) is 150 Å². The molecule has 0 radical (unpaired) electrons. The molecule has 2 aromatic carbocycles. The van der Waals surface area contributed by atoms with Gasteiger partial charge in [0, 0.05) is 75.3 Å². The van der Waals surface area contributed by atoms with Gasteiger partial charge in [0.25, 0.3) is 11.8 Å². The summed E-state index contributed by atoms with van der Waals surface area (Å²) in [4.78, 5) is 98.1. The molecule has 6 aliphatic heterocycles. The summed E-state index contributed by atoms with van der Waals surface area (Å²) in [5.74, 6) is 0.171. The van der Waals surface area contributed by atoms with E-state index >= 15 is 0 Å². The molecular formula is C65H94N4O12S. The lowest BCUT2D eigenvalue weighted by Gasteiger charge is -2.43. The van der Waals surface area contributed by atoms with Crippen LogP contribution < -0.4 is 10.2 Å². The number of nitrogens with one attached hydrogen (secondary N) is 1. The van der Waals surface area contributed by atoms with Gasteiger partial charge in [-0.1, -0.05) is 64.1 Å². The minimum atomic E-state index is -1.19. The summed E-state index contributed by atoms with van der Waals surface area (Å²) >= 11 is 0. The Morgan fingerprint density at radius 2 is 1.11 bits per heavy atom. The Balaban J connectivity index is 0.000000243. The molecule has 0 aromatic heterocycles. The Hall–Kier alpha value is -5.32. The highest BCUT2D eigenvalue weighted by Crippen LogP contribution is 2.63. The number of amides is 3. The number of carbonyl (C=O) groups excluding carboxylic acids is 7. The van der Waals surface area contributed by atoms with Crippen molar-refractivity contribution in [2.45, 2.75) is 169 Å². The van der Waals surface area contributed by atoms with Crippen LogP contribution in [-0.4, -0.2) is 122 Å². The average Bonchev–Trinajstić information content (AvgIpc) is 4.21. The molecule has 10 rings (SSSR count). The van der Waals surface area contributed by atoms with Crippen molar-refractivity contribution >= 4 is 66.7 Å². The molecule has 4 bridgehead atoms. The summed E-state index contributed by atoms with van der Waals surface area (Å²) in [7, 11) is 2.88. The Morgan fingerprint density at radius 3 is 1.61 bits per heavy atom. The van der Waals surface area contributed by atoms with Crippen LogP contribution in [0.2, 0.25) is 0 Å². The molecule has 16 nitrogen and oxygen atoms in total. The Kier molecular flexibility index (Phi) is 18.9. The van der Waals surface area contributed by atoms with Gasteiger partial charge in [-0.25, -0.2) is 4.79 Å². The fourth-order valence-corrected chi connectivity index (χ4v) is 16.7. The molecule has 17 heteroatoms. The number of para-hydroxylation sites is 2. The third-order valence-corrected chi connectivity index (χ3v) is 20.5. The van der Waals surface area contributed by atoms with E-state index < -0.39 is 27.6 Å². The zero-order valence-electron chi connectivity index (χ0n) is 50.8. The summed E-state index contributed by atoms with van der Waals surface area (Å²) in [5, 5.41) is 3.54. The van der Waals surface area contributed by atoms with Crippen molar-refractivity contribution in [1.82, 2.24) is 9.80 Å². The molecule has 2 unspecified atom stereocenters. The van der Waals surface area contributed by atoms with Gasteiger partial charge < -0.3 is 43.7 Å². The molecule has 452 valence electrons. The van der Waals surface area contributed by atoms with Crippen molar-refractivity contribution < 1.29 is 57.2 Å². The summed E-state index contributed by atoms with van der Waals surface area (Å²) in [6.45, 7) is 21.8. The predicted molar refractivity (Wildman–Crippen MR) is 317 cm³/mol. The number of hydrogen-bond acceptors (Lipinski definition) is 13. The SMILES string of the molecule is COC(=O)C[C@H](CC1CCN(C(=O)OC(C)(C)C)CC1)[C@@H]1CNc2ccccc2C1.COC(=O)C[C@H](CC1CCN(C(=O)[C@]23CCC(C)(C(=O)O2)[C@H]3C(C)C)CC1)[C@@H]1Cc2ccccc2N(C(=O)[C@]23CCC(C)(C(=O)O2)[C@H]3C(C)C)C1.S. The number of esters is 4. The molecule has 6 heterocycles. The maximum Gasteiger partial charge on any atom is 0.410 e. The van der Waals surface area contributed by atoms with Crippen LogP contribution in [0.5, 0.6) is 0 Å². The summed E-state index contributed by atoms with van der Waals surface area (Å²) in [5.41, 5.74) is 0.426. The van der Waals surface area contributed by atoms with Crippen LogP contribution in [0.25, 0.3) is 0 Å². The quantitative estimate of drug-likeness (QED) is 0.139. The normalized spacial score (nSPS) is 30.2. The number of carbonyl (C=O) groups is 7. The number of piperidine rings is 2. The van der Waals surface area contributed by atoms with Gasteiger partial charge in [-0.15, -0.1) is 0 Å². The largest absolute Gasteiger partial charge is 0.469 e. The number of likely N-dealkylation sites (tertiary alicyclic amines) is 2. The van der Waals surface area contributed by atoms with Crippen molar-refractivity contribution in [2.24, 2.45) is 70.0 Å². The van der Waals surface area contributed by atoms with Crippen LogP contribution in [0.15, 0.2) is 48.5 Å². The van der Waals surface area contributed by atoms with Gasteiger partial charge in [-0.2, -0.15) is 13.5 Å². The molecule has 2 aliphatic carbocycles. The molecule has 2 aromatic rings. The molecule has 82 heavy (non-hydrogen) atoms. The van der Waals surface area contributed by atoms with Crippen molar-refractivity contribution in [1.29, 1.82) is 0 Å². The molecule has 10 atom stereocenters. The molecule has 8 aliphatic rings. The fraction of sp³-hybridized carbons (Fsp3) is 0.708. The van der Waals surface area contributed by atoms with E-state index in [-0.39, 0.29) is 109 Å². The van der Waals surface area contributed by atoms with Crippen LogP contribution in [0, 0.1) is 70.0 Å². The first-order valence-electron chi connectivity index (χ1n) is 30.5. The van der Waals surface area contributed by atoms with E-state index in [4.69, 9.17) is 23.7 Å². The van der Waals surface area contributed by atoms with Gasteiger partial charge in [-0.3, -0.25) is 28.8 Å². The van der Waals surface area contributed by atoms with Gasteiger partial charge in [0.15, 0.2) is 11.2 Å². The lowest BCUT2D eigenvalue weighted by molar-refractivity contribution is -0.173. The number of ether oxygens (including phenoxy) is 5. The molecular weight excluding hydrogens is 1060 g/mol. The molecule has 6 fully saturated rings. The minimum absolute atomic E-state index is 0. The standard InChI is InChI=1S/C41H56N2O8.C24H36N2O4.H2S/c1-24(2)32-38(5)14-16-40(32,50-36(38)47)34(45)42-18-12-26(13-19-42)20-28(22-31(44)49-7)29-21-27-10-8-9-11-30(27)43(23-29)35(46)41-17-15-39(6,37(48)51-41)33(41)25(3)4;1-24(2,3)30-23(28)26-11-9-17(10-12-26)13-19(15-22(27)29-4)20-14-18-7-5-6-8-21(18)25-16-20;/h8-11,24-26,28-29,32-33H,12-23H2,1-7H3;5-8,17,19-20,25H,9-16H2,1-4H3;1H2/t28-,29+,32+,33+,38?,39?,40+,41+;19-,20-;/m00./s1. The highest BCUT2D eigenvalue weighted by molar-refractivity contribution is 7.59. The van der Waals surface area contributed by atoms with E-state index in [2.05, 4.69) is 63.3 Å². The number of fused-ring (bicyclic) bond motifs is 6. The smallest absolute Gasteiger partial charge is 0.410 e. The van der Waals surface area contributed by atoms with Crippen molar-refractivity contribution in [3.8, 4) is 0 Å². The first-order valence-corrected chi connectivity index (χ1v) is 30.5. The predicted octanol–water partition coefficient (Wildman–Crippen LogP) is 10.3. The zero-order chi connectivity index (χ0) is 58.4. The van der Waals surface area contributed by atoms with E-state index in [9.17, 15) is 33.6 Å². The van der Waals surface area contributed by atoms with E-state index in [1.54, 1.807) is 0 Å². The third-order valence-electron chi connectivity index (χ3n) is 20.5. The second kappa shape index (κ2) is 24.7. The van der Waals surface area contributed by atoms with Crippen molar-refractivity contribution in [3.05, 3.63) is 59.7 Å². The number of rotatable bonds is 14. The topological polar surface area (TPSA) is 187 Å². The van der Waals surface area contributed by atoms with Crippen LogP contribution in [-0.2, 0) is 65.3 Å². The van der Waals surface area contributed by atoms with Crippen LogP contribution >= 0.6 is 13.5 Å². The van der Waals surface area contributed by atoms with Gasteiger partial charge in [0.1, 0.15) is 5.60 Å². The van der Waals surface area contributed by atoms with Crippen molar-refractivity contribution in [3.63, 3.8) is 0 Å². The summed E-state index contributed by atoms with van der Waals surface area (Å²) < 4.78 is 27.8. The van der Waals surface area contributed by atoms with Gasteiger partial charge in [0.2, 0.25) is 0 Å². The molecule has 1 N–H and O–H groups in total. The second-order valence-electron chi connectivity index (χ2n) is 27.5. The number of nitrogens with zero attached hydrogens (tertiary/aromatic N) is 3. The first kappa shape index (κ1) is 62.7. The Bertz CT molecular complexity index is 2700. The third kappa shape index (κ3) is 12.1. The Labute approximate surface area is 494 Å². The first-order chi connectivity index (χ1) is 38.4. The maximum atomic E-state index is 14.8.